The highest BCUT2D eigenvalue weighted by Crippen LogP contribution is 2.31. The fraction of sp³-hybridized carbons (Fsp3) is 0.417. The van der Waals surface area contributed by atoms with Gasteiger partial charge in [0.05, 0.1) is 6.61 Å². The van der Waals surface area contributed by atoms with E-state index in [0.717, 1.165) is 22.2 Å². The summed E-state index contributed by atoms with van der Waals surface area (Å²) in [5.41, 5.74) is 1.12. The number of carboxylic acid groups (broad SMARTS) is 1. The van der Waals surface area contributed by atoms with E-state index in [0.29, 0.717) is 6.61 Å². The molecule has 1 aromatic carbocycles. The minimum atomic E-state index is -0.955. The fourth-order valence-electron chi connectivity index (χ4n) is 1.70. The van der Waals surface area contributed by atoms with Gasteiger partial charge in [0.15, 0.2) is 6.10 Å². The van der Waals surface area contributed by atoms with E-state index >= 15 is 0 Å². The van der Waals surface area contributed by atoms with Crippen LogP contribution in [0.15, 0.2) is 22.7 Å². The maximum absolute atomic E-state index is 10.6. The smallest absolute Gasteiger partial charge is 0.332 e. The zero-order valence-electron chi connectivity index (χ0n) is 9.35. The van der Waals surface area contributed by atoms with E-state index in [4.69, 9.17) is 14.6 Å². The lowest BCUT2D eigenvalue weighted by Gasteiger charge is -2.13. The summed E-state index contributed by atoms with van der Waals surface area (Å²) in [5.74, 6) is -0.104. The average Bonchev–Trinajstić information content (AvgIpc) is 2.67. The molecule has 2 unspecified atom stereocenters. The minimum Gasteiger partial charge on any atom is -0.487 e. The molecule has 0 saturated heterocycles. The molecule has 17 heavy (non-hydrogen) atoms. The monoisotopic (exact) mass is 300 g/mol. The van der Waals surface area contributed by atoms with E-state index < -0.39 is 12.1 Å². The van der Waals surface area contributed by atoms with Gasteiger partial charge in [0.1, 0.15) is 11.9 Å². The van der Waals surface area contributed by atoms with Gasteiger partial charge in [-0.3, -0.25) is 0 Å². The molecule has 0 bridgehead atoms. The molecule has 1 aliphatic rings. The summed E-state index contributed by atoms with van der Waals surface area (Å²) in [6, 6.07) is 5.83. The Balaban J connectivity index is 1.90. The van der Waals surface area contributed by atoms with Gasteiger partial charge in [0.25, 0.3) is 0 Å². The van der Waals surface area contributed by atoms with Crippen LogP contribution in [0.5, 0.6) is 5.75 Å². The summed E-state index contributed by atoms with van der Waals surface area (Å²) in [6.07, 6.45) is -0.142. The van der Waals surface area contributed by atoms with E-state index in [1.54, 1.807) is 0 Å². The predicted octanol–water partition coefficient (Wildman–Crippen LogP) is 2.24. The van der Waals surface area contributed by atoms with Crippen molar-refractivity contribution in [2.75, 3.05) is 6.61 Å². The van der Waals surface area contributed by atoms with Crippen molar-refractivity contribution < 1.29 is 19.4 Å². The zero-order chi connectivity index (χ0) is 12.4. The van der Waals surface area contributed by atoms with E-state index in [1.807, 2.05) is 18.2 Å². The topological polar surface area (TPSA) is 55.8 Å². The van der Waals surface area contributed by atoms with Crippen molar-refractivity contribution in [2.45, 2.75) is 25.6 Å². The molecule has 1 aromatic rings. The molecule has 0 fully saturated rings. The first kappa shape index (κ1) is 12.4. The van der Waals surface area contributed by atoms with Crippen molar-refractivity contribution in [1.29, 1.82) is 0 Å². The van der Waals surface area contributed by atoms with Crippen LogP contribution in [0, 0.1) is 0 Å². The predicted molar refractivity (Wildman–Crippen MR) is 65.3 cm³/mol. The number of rotatable bonds is 4. The highest BCUT2D eigenvalue weighted by atomic mass is 79.9. The first-order valence-electron chi connectivity index (χ1n) is 5.36. The number of hydrogen-bond donors (Lipinski definition) is 1. The standard InChI is InChI=1S/C12H13BrO4/c1-7(12(14)15)16-6-10-5-8-4-9(13)2-3-11(8)17-10/h2-4,7,10H,5-6H2,1H3,(H,14,15). The van der Waals surface area contributed by atoms with Gasteiger partial charge in [-0.15, -0.1) is 0 Å². The van der Waals surface area contributed by atoms with Crippen molar-refractivity contribution in [1.82, 2.24) is 0 Å². The normalized spacial score (nSPS) is 19.5. The SMILES string of the molecule is CC(OCC1Cc2cc(Br)ccc2O1)C(=O)O. The fourth-order valence-corrected chi connectivity index (χ4v) is 2.11. The molecular weight excluding hydrogens is 288 g/mol. The van der Waals surface area contributed by atoms with Crippen LogP contribution in [0.25, 0.3) is 0 Å². The van der Waals surface area contributed by atoms with Gasteiger partial charge in [-0.2, -0.15) is 0 Å². The highest BCUT2D eigenvalue weighted by molar-refractivity contribution is 9.10. The number of carbonyl (C=O) groups is 1. The molecule has 0 amide bonds. The maximum Gasteiger partial charge on any atom is 0.332 e. The Kier molecular flexibility index (Phi) is 3.69. The van der Waals surface area contributed by atoms with E-state index in [1.165, 1.54) is 6.92 Å². The largest absolute Gasteiger partial charge is 0.487 e. The van der Waals surface area contributed by atoms with E-state index in [9.17, 15) is 4.79 Å². The second-order valence-electron chi connectivity index (χ2n) is 4.01. The number of hydrogen-bond acceptors (Lipinski definition) is 3. The molecule has 4 nitrogen and oxygen atoms in total. The average molecular weight is 301 g/mol. The molecule has 0 radical (unpaired) electrons. The Bertz CT molecular complexity index is 433. The molecule has 0 aliphatic carbocycles. The third-order valence-corrected chi connectivity index (χ3v) is 3.14. The third kappa shape index (κ3) is 2.98. The Morgan fingerprint density at radius 3 is 3.18 bits per heavy atom. The molecular formula is C12H13BrO4. The Hall–Kier alpha value is -1.07. The summed E-state index contributed by atoms with van der Waals surface area (Å²) < 4.78 is 11.9. The number of halogens is 1. The Morgan fingerprint density at radius 2 is 2.47 bits per heavy atom. The van der Waals surface area contributed by atoms with Crippen molar-refractivity contribution >= 4 is 21.9 Å². The minimum absolute atomic E-state index is 0.0962. The lowest BCUT2D eigenvalue weighted by atomic mass is 10.1. The number of aliphatic carboxylic acids is 1. The molecule has 2 atom stereocenters. The summed E-state index contributed by atoms with van der Waals surface area (Å²) in [5, 5.41) is 8.69. The molecule has 0 saturated carbocycles. The first-order valence-corrected chi connectivity index (χ1v) is 6.15. The molecule has 1 heterocycles. The summed E-state index contributed by atoms with van der Waals surface area (Å²) in [6.45, 7) is 1.81. The molecule has 1 N–H and O–H groups in total. The highest BCUT2D eigenvalue weighted by Gasteiger charge is 2.24. The lowest BCUT2D eigenvalue weighted by Crippen LogP contribution is -2.27. The number of fused-ring (bicyclic) bond motifs is 1. The van der Waals surface area contributed by atoms with Crippen molar-refractivity contribution in [3.8, 4) is 5.75 Å². The van der Waals surface area contributed by atoms with E-state index in [-0.39, 0.29) is 6.10 Å². The van der Waals surface area contributed by atoms with E-state index in [2.05, 4.69) is 15.9 Å². The van der Waals surface area contributed by atoms with Gasteiger partial charge < -0.3 is 14.6 Å². The molecule has 92 valence electrons. The van der Waals surface area contributed by atoms with Gasteiger partial charge in [-0.05, 0) is 30.7 Å². The molecule has 5 heteroatoms. The molecule has 1 aliphatic heterocycles. The van der Waals surface area contributed by atoms with Gasteiger partial charge in [0, 0.05) is 10.9 Å². The van der Waals surface area contributed by atoms with Crippen LogP contribution in [0.3, 0.4) is 0 Å². The second-order valence-corrected chi connectivity index (χ2v) is 4.93. The lowest BCUT2D eigenvalue weighted by molar-refractivity contribution is -0.150. The Morgan fingerprint density at radius 1 is 1.71 bits per heavy atom. The van der Waals surface area contributed by atoms with Crippen LogP contribution in [-0.2, 0) is 16.0 Å². The maximum atomic E-state index is 10.6. The van der Waals surface area contributed by atoms with Crippen molar-refractivity contribution in [2.24, 2.45) is 0 Å². The zero-order valence-corrected chi connectivity index (χ0v) is 10.9. The van der Waals surface area contributed by atoms with Crippen LogP contribution in [-0.4, -0.2) is 29.9 Å². The number of benzene rings is 1. The van der Waals surface area contributed by atoms with Crippen LogP contribution in [0.1, 0.15) is 12.5 Å². The van der Waals surface area contributed by atoms with Gasteiger partial charge in [0.2, 0.25) is 0 Å². The number of ether oxygens (including phenoxy) is 2. The van der Waals surface area contributed by atoms with Gasteiger partial charge in [-0.25, -0.2) is 4.79 Å². The van der Waals surface area contributed by atoms with Gasteiger partial charge >= 0.3 is 5.97 Å². The van der Waals surface area contributed by atoms with Crippen LogP contribution in [0.2, 0.25) is 0 Å². The van der Waals surface area contributed by atoms with Gasteiger partial charge in [-0.1, -0.05) is 15.9 Å². The summed E-state index contributed by atoms with van der Waals surface area (Å²) in [4.78, 5) is 10.6. The first-order chi connectivity index (χ1) is 8.06. The van der Waals surface area contributed by atoms with Crippen LogP contribution in [0.4, 0.5) is 0 Å². The van der Waals surface area contributed by atoms with Crippen molar-refractivity contribution in [3.63, 3.8) is 0 Å². The molecule has 0 aromatic heterocycles. The third-order valence-electron chi connectivity index (χ3n) is 2.64. The Labute approximate surface area is 108 Å². The number of carboxylic acids is 1. The second kappa shape index (κ2) is 5.06. The summed E-state index contributed by atoms with van der Waals surface area (Å²) >= 11 is 3.40. The van der Waals surface area contributed by atoms with Crippen LogP contribution < -0.4 is 4.74 Å². The summed E-state index contributed by atoms with van der Waals surface area (Å²) in [7, 11) is 0. The molecule has 2 rings (SSSR count). The van der Waals surface area contributed by atoms with Crippen LogP contribution >= 0.6 is 15.9 Å². The molecule has 0 spiro atoms. The quantitative estimate of drug-likeness (QED) is 0.926. The van der Waals surface area contributed by atoms with Crippen molar-refractivity contribution in [3.05, 3.63) is 28.2 Å².